The lowest BCUT2D eigenvalue weighted by Crippen LogP contribution is -2.27. The van der Waals surface area contributed by atoms with E-state index in [0.717, 1.165) is 21.8 Å². The first-order valence-corrected chi connectivity index (χ1v) is 10.6. The van der Waals surface area contributed by atoms with E-state index < -0.39 is 33.7 Å². The van der Waals surface area contributed by atoms with E-state index in [1.165, 1.54) is 6.08 Å². The molecule has 1 amide bonds. The molecule has 1 saturated heterocycles. The molecule has 0 N–H and O–H groups in total. The molecule has 164 valence electrons. The summed E-state index contributed by atoms with van der Waals surface area (Å²) >= 11 is 0. The van der Waals surface area contributed by atoms with Crippen molar-refractivity contribution in [2.45, 2.75) is 26.5 Å². The third kappa shape index (κ3) is 4.53. The minimum atomic E-state index is -3.24. The zero-order chi connectivity index (χ0) is 21.5. The number of anilines is 1. The summed E-state index contributed by atoms with van der Waals surface area (Å²) in [4.78, 5) is 14.3. The number of cyclic esters (lactones) is 1. The smallest absolute Gasteiger partial charge is 0.414 e. The summed E-state index contributed by atoms with van der Waals surface area (Å²) in [5.41, 5.74) is -0.0537. The van der Waals surface area contributed by atoms with Gasteiger partial charge < -0.3 is 4.74 Å². The van der Waals surface area contributed by atoms with Gasteiger partial charge in [-0.1, -0.05) is 18.6 Å². The number of sulfone groups is 1. The number of amides is 1. The first-order valence-electron chi connectivity index (χ1n) is 8.80. The molecule has 1 aromatic carbocycles. The number of hydrogen-bond acceptors (Lipinski definition) is 8. The monoisotopic (exact) mass is 452 g/mol. The van der Waals surface area contributed by atoms with Crippen LogP contribution in [0.1, 0.15) is 25.2 Å². The maximum Gasteiger partial charge on any atom is 0.414 e. The number of allylic oxidation sites excluding steroid dienone is 1. The highest BCUT2D eigenvalue weighted by atomic mass is 32.2. The second-order valence-electron chi connectivity index (χ2n) is 6.77. The largest absolute Gasteiger partial charge is 0.442 e. The molecule has 1 atom stereocenters. The molecule has 10 nitrogen and oxygen atoms in total. The molecule has 31 heavy (non-hydrogen) atoms. The van der Waals surface area contributed by atoms with Gasteiger partial charge in [0.15, 0.2) is 9.84 Å². The Morgan fingerprint density at radius 3 is 2.58 bits per heavy atom. The van der Waals surface area contributed by atoms with Crippen LogP contribution in [0.2, 0.25) is 0 Å². The number of carbonyl (C=O) groups is 1. The Labute approximate surface area is 176 Å². The maximum atomic E-state index is 14.7. The highest BCUT2D eigenvalue weighted by Gasteiger charge is 2.34. The molecular formula is C18H18F2N6O4S. The number of aromatic nitrogens is 4. The minimum absolute atomic E-state index is 0. The Morgan fingerprint density at radius 2 is 2.00 bits per heavy atom. The highest BCUT2D eigenvalue weighted by molar-refractivity contribution is 7.91. The van der Waals surface area contributed by atoms with E-state index in [1.807, 2.05) is 0 Å². The van der Waals surface area contributed by atoms with E-state index in [2.05, 4.69) is 15.4 Å². The molecule has 0 aliphatic carbocycles. The highest BCUT2D eigenvalue weighted by Crippen LogP contribution is 2.32. The van der Waals surface area contributed by atoms with Gasteiger partial charge in [0.05, 0.1) is 23.7 Å². The van der Waals surface area contributed by atoms with E-state index in [4.69, 9.17) is 10.00 Å². The summed E-state index contributed by atoms with van der Waals surface area (Å²) in [6.07, 6.45) is -0.190. The van der Waals surface area contributed by atoms with Crippen LogP contribution >= 0.6 is 0 Å². The Morgan fingerprint density at radius 1 is 1.29 bits per heavy atom. The number of tetrazole rings is 1. The van der Waals surface area contributed by atoms with E-state index in [9.17, 15) is 22.0 Å². The Kier molecular flexibility index (Phi) is 6.03. The van der Waals surface area contributed by atoms with E-state index in [-0.39, 0.29) is 61.1 Å². The normalized spacial score (nSPS) is 19.9. The number of carbonyl (C=O) groups excluding carboxylic acids is 1. The molecule has 0 unspecified atom stereocenters. The van der Waals surface area contributed by atoms with Crippen LogP contribution in [0.25, 0.3) is 5.57 Å². The molecule has 0 saturated carbocycles. The van der Waals surface area contributed by atoms with Gasteiger partial charge in [-0.2, -0.15) is 10.1 Å². The Balaban J connectivity index is 0.00000272. The van der Waals surface area contributed by atoms with E-state index in [1.54, 1.807) is 6.07 Å². The molecule has 3 heterocycles. The fourth-order valence-corrected chi connectivity index (χ4v) is 4.46. The summed E-state index contributed by atoms with van der Waals surface area (Å²) in [5, 5.41) is 19.6. The number of rotatable bonds is 4. The van der Waals surface area contributed by atoms with Gasteiger partial charge in [-0.25, -0.2) is 22.0 Å². The second-order valence-corrected chi connectivity index (χ2v) is 9.00. The van der Waals surface area contributed by atoms with Crippen molar-refractivity contribution in [3.8, 4) is 6.07 Å². The molecule has 2 aliphatic rings. The number of nitriles is 1. The van der Waals surface area contributed by atoms with Crippen LogP contribution in [-0.2, 0) is 21.1 Å². The number of hydrogen-bond donors (Lipinski definition) is 0. The van der Waals surface area contributed by atoms with Crippen LogP contribution in [0.4, 0.5) is 19.3 Å². The Bertz CT molecular complexity index is 1180. The average molecular weight is 452 g/mol. The predicted molar refractivity (Wildman–Crippen MR) is 104 cm³/mol. The molecular weight excluding hydrogens is 434 g/mol. The fraction of sp³-hybridized carbons (Fsp3) is 0.389. The maximum absolute atomic E-state index is 14.7. The SMILES string of the molecule is C.N#Cc1nnn(C[C@H]2CN(c3cc(F)c(C4=CCS(=O)(=O)CC4)c(F)c3)C(=O)O2)n1. The number of halogens is 2. The standard InChI is InChI=1S/C17H14F2N6O4S.CH4/c18-13-5-11(6-14(19)16(13)10-1-3-30(27,28)4-2-10)24-8-12(29-17(24)26)9-25-22-15(7-20)21-23-25;/h1,5-6,12H,2-4,8-9H2;1H4/t12-;/m1./s1. The predicted octanol–water partition coefficient (Wildman–Crippen LogP) is 1.69. The van der Waals surface area contributed by atoms with Gasteiger partial charge in [0.2, 0.25) is 0 Å². The van der Waals surface area contributed by atoms with E-state index in [0.29, 0.717) is 0 Å². The van der Waals surface area contributed by atoms with Crippen LogP contribution in [0.3, 0.4) is 0 Å². The summed E-state index contributed by atoms with van der Waals surface area (Å²) in [7, 11) is -3.24. The molecule has 1 aromatic heterocycles. The molecule has 4 rings (SSSR count). The lowest BCUT2D eigenvalue weighted by atomic mass is 10.0. The van der Waals surface area contributed by atoms with Crippen molar-refractivity contribution in [3.05, 3.63) is 41.2 Å². The molecule has 13 heteroatoms. The van der Waals surface area contributed by atoms with Gasteiger partial charge in [-0.3, -0.25) is 4.90 Å². The van der Waals surface area contributed by atoms with Crippen molar-refractivity contribution < 1.29 is 26.7 Å². The average Bonchev–Trinajstić information content (AvgIpc) is 3.28. The summed E-state index contributed by atoms with van der Waals surface area (Å²) in [5.74, 6) is -2.39. The molecule has 1 fully saturated rings. The Hall–Kier alpha value is -3.40. The fourth-order valence-electron chi connectivity index (χ4n) is 3.30. The van der Waals surface area contributed by atoms with Crippen LogP contribution in [-0.4, -0.2) is 58.9 Å². The number of nitrogens with zero attached hydrogens (tertiary/aromatic N) is 6. The van der Waals surface area contributed by atoms with Crippen LogP contribution in [0.15, 0.2) is 18.2 Å². The van der Waals surface area contributed by atoms with Gasteiger partial charge in [0.25, 0.3) is 5.82 Å². The zero-order valence-corrected chi connectivity index (χ0v) is 16.1. The molecule has 2 aliphatic heterocycles. The van der Waals surface area contributed by atoms with Gasteiger partial charge in [-0.15, -0.1) is 5.10 Å². The van der Waals surface area contributed by atoms with Crippen molar-refractivity contribution in [2.75, 3.05) is 23.0 Å². The van der Waals surface area contributed by atoms with Crippen LogP contribution in [0, 0.1) is 23.0 Å². The first kappa shape index (κ1) is 22.3. The van der Waals surface area contributed by atoms with Crippen molar-refractivity contribution in [1.29, 1.82) is 5.26 Å². The topological polar surface area (TPSA) is 131 Å². The van der Waals surface area contributed by atoms with Crippen molar-refractivity contribution in [1.82, 2.24) is 20.2 Å². The van der Waals surface area contributed by atoms with Gasteiger partial charge in [0.1, 0.15) is 30.4 Å². The van der Waals surface area contributed by atoms with Gasteiger partial charge in [-0.05, 0) is 29.3 Å². The lowest BCUT2D eigenvalue weighted by Gasteiger charge is -2.18. The van der Waals surface area contributed by atoms with Gasteiger partial charge >= 0.3 is 6.09 Å². The van der Waals surface area contributed by atoms with Crippen molar-refractivity contribution >= 4 is 27.2 Å². The quantitative estimate of drug-likeness (QED) is 0.685. The third-order valence-electron chi connectivity index (χ3n) is 4.72. The molecule has 0 spiro atoms. The van der Waals surface area contributed by atoms with Crippen LogP contribution < -0.4 is 4.90 Å². The van der Waals surface area contributed by atoms with Crippen molar-refractivity contribution in [2.24, 2.45) is 0 Å². The van der Waals surface area contributed by atoms with E-state index >= 15 is 0 Å². The van der Waals surface area contributed by atoms with Crippen LogP contribution in [0.5, 0.6) is 0 Å². The van der Waals surface area contributed by atoms with Crippen molar-refractivity contribution in [3.63, 3.8) is 0 Å². The summed E-state index contributed by atoms with van der Waals surface area (Å²) in [6.45, 7) is 0.00273. The van der Waals surface area contributed by atoms with Gasteiger partial charge in [0, 0.05) is 5.56 Å². The number of ether oxygens (including phenoxy) is 1. The molecule has 2 aromatic rings. The summed E-state index contributed by atoms with van der Waals surface area (Å²) in [6, 6.07) is 3.73. The zero-order valence-electron chi connectivity index (χ0n) is 15.3. The first-order chi connectivity index (χ1) is 14.3. The second kappa shape index (κ2) is 8.38. The third-order valence-corrected chi connectivity index (χ3v) is 6.22. The molecule has 0 bridgehead atoms. The lowest BCUT2D eigenvalue weighted by molar-refractivity contribution is 0.126. The minimum Gasteiger partial charge on any atom is -0.442 e. The number of benzene rings is 1. The molecule has 0 radical (unpaired) electrons. The summed E-state index contributed by atoms with van der Waals surface area (Å²) < 4.78 is 57.6.